The van der Waals surface area contributed by atoms with Gasteiger partial charge in [-0.15, -0.1) is 0 Å². The highest BCUT2D eigenvalue weighted by Crippen LogP contribution is 2.48. The van der Waals surface area contributed by atoms with Gasteiger partial charge in [-0.25, -0.2) is 0 Å². The van der Waals surface area contributed by atoms with Crippen molar-refractivity contribution in [2.75, 3.05) is 9.80 Å². The van der Waals surface area contributed by atoms with Gasteiger partial charge in [-0.05, 0) is 160 Å². The Hall–Kier alpha value is -8.59. The van der Waals surface area contributed by atoms with Crippen molar-refractivity contribution in [1.29, 1.82) is 0 Å². The molecule has 0 saturated heterocycles. The van der Waals surface area contributed by atoms with E-state index in [4.69, 9.17) is 0 Å². The van der Waals surface area contributed by atoms with E-state index >= 15 is 0 Å². The van der Waals surface area contributed by atoms with Crippen LogP contribution in [0.25, 0.3) is 54.6 Å². The molecular weight excluding hydrogens is 914 g/mol. The molecule has 0 aliphatic carbocycles. The van der Waals surface area contributed by atoms with E-state index in [-0.39, 0.29) is 13.4 Å². The summed E-state index contributed by atoms with van der Waals surface area (Å²) in [5.41, 5.74) is 31.1. The summed E-state index contributed by atoms with van der Waals surface area (Å²) in [6.07, 6.45) is 0. The van der Waals surface area contributed by atoms with E-state index in [9.17, 15) is 0 Å². The maximum Gasteiger partial charge on any atom is 0.244 e. The second-order valence-corrected chi connectivity index (χ2v) is 22.1. The Morgan fingerprint density at radius 2 is 0.513 bits per heavy atom. The number of aryl methyl sites for hydroxylation is 8. The molecule has 4 heteroatoms. The fraction of sp³-hybridized carbons (Fsp3) is 0.111. The maximum absolute atomic E-state index is 2.58. The van der Waals surface area contributed by atoms with Crippen molar-refractivity contribution < 1.29 is 0 Å². The number of para-hydroxylation sites is 4. The fourth-order valence-electron chi connectivity index (χ4n) is 14.3. The van der Waals surface area contributed by atoms with Gasteiger partial charge in [0, 0.05) is 33.5 Å². The third-order valence-electron chi connectivity index (χ3n) is 16.9. The van der Waals surface area contributed by atoms with Gasteiger partial charge in [0.2, 0.25) is 13.4 Å². The van der Waals surface area contributed by atoms with Crippen LogP contribution in [0.5, 0.6) is 0 Å². The van der Waals surface area contributed by atoms with Gasteiger partial charge in [-0.2, -0.15) is 0 Å². The highest BCUT2D eigenvalue weighted by atomic mass is 15.1. The molecule has 0 amide bonds. The number of rotatable bonds is 8. The smallest absolute Gasteiger partial charge is 0.244 e. The van der Waals surface area contributed by atoms with E-state index in [1.54, 1.807) is 0 Å². The molecule has 2 aliphatic heterocycles. The quantitative estimate of drug-likeness (QED) is 0.111. The summed E-state index contributed by atoms with van der Waals surface area (Å²) in [4.78, 5) is 5.03. The molecule has 362 valence electrons. The Bertz CT molecular complexity index is 3840. The number of hydrogen-bond donors (Lipinski definition) is 0. The lowest BCUT2D eigenvalue weighted by Crippen LogP contribution is -2.51. The van der Waals surface area contributed by atoms with Crippen molar-refractivity contribution in [3.8, 4) is 22.3 Å². The molecule has 2 nitrogen and oxygen atoms in total. The summed E-state index contributed by atoms with van der Waals surface area (Å²) < 4.78 is 0. The zero-order valence-electron chi connectivity index (χ0n) is 44.7. The van der Waals surface area contributed by atoms with Crippen molar-refractivity contribution in [2.24, 2.45) is 0 Å². The Morgan fingerprint density at radius 3 is 0.776 bits per heavy atom. The third kappa shape index (κ3) is 6.96. The standard InChI is InChI=1S/C72H58B2N2/c1-43-33-47(5)69-59(37-43)60-38-44(2)34-48(6)70(60)73(69)63-41-65(75(51-21-13-9-14-22-51)52-23-15-10-16-24-52)57-31-32-58-66(76(53-25-17-11-18-26-53)54-27-19-12-20-28-54)42-64(56-30-29-55(63)67(57)68(56)58)74-71-49(7)35-45(3)39-61(71)62-40-46(4)36-50(8)72(62)74/h9-42H,1-8H3. The summed E-state index contributed by atoms with van der Waals surface area (Å²) in [7, 11) is 0. The normalized spacial score (nSPS) is 12.4. The highest BCUT2D eigenvalue weighted by Gasteiger charge is 2.41. The third-order valence-corrected chi connectivity index (χ3v) is 16.9. The topological polar surface area (TPSA) is 6.48 Å². The molecule has 76 heavy (non-hydrogen) atoms. The highest BCUT2D eigenvalue weighted by molar-refractivity contribution is 7.02. The lowest BCUT2D eigenvalue weighted by molar-refractivity contribution is 1.30. The molecule has 0 fully saturated rings. The molecule has 12 aromatic carbocycles. The lowest BCUT2D eigenvalue weighted by Gasteiger charge is -2.32. The zero-order chi connectivity index (χ0) is 51.7. The maximum atomic E-state index is 2.58. The molecule has 0 radical (unpaired) electrons. The summed E-state index contributed by atoms with van der Waals surface area (Å²) in [6.45, 7) is 18.4. The first-order valence-corrected chi connectivity index (χ1v) is 27.1. The average Bonchev–Trinajstić information content (AvgIpc) is 4.12. The van der Waals surface area contributed by atoms with E-state index < -0.39 is 0 Å². The van der Waals surface area contributed by atoms with Gasteiger partial charge in [0.15, 0.2) is 0 Å². The van der Waals surface area contributed by atoms with Crippen LogP contribution in [0.1, 0.15) is 44.5 Å². The Balaban J connectivity index is 1.19. The van der Waals surface area contributed by atoms with Gasteiger partial charge >= 0.3 is 0 Å². The van der Waals surface area contributed by atoms with Crippen LogP contribution in [0.4, 0.5) is 34.1 Å². The predicted molar refractivity (Wildman–Crippen MR) is 330 cm³/mol. The molecule has 0 aromatic heterocycles. The molecule has 0 N–H and O–H groups in total. The van der Waals surface area contributed by atoms with Crippen molar-refractivity contribution >= 4 is 113 Å². The van der Waals surface area contributed by atoms with Gasteiger partial charge < -0.3 is 9.80 Å². The van der Waals surface area contributed by atoms with Gasteiger partial charge in [0.05, 0.1) is 11.4 Å². The van der Waals surface area contributed by atoms with Gasteiger partial charge in [-0.1, -0.05) is 223 Å². The Kier molecular flexibility index (Phi) is 10.6. The molecular formula is C72H58B2N2. The van der Waals surface area contributed by atoms with E-state index in [1.165, 1.54) is 143 Å². The number of fused-ring (bicyclic) bond motifs is 6. The summed E-state index contributed by atoms with van der Waals surface area (Å²) >= 11 is 0. The van der Waals surface area contributed by atoms with Crippen LogP contribution in [0, 0.1) is 55.4 Å². The number of hydrogen-bond acceptors (Lipinski definition) is 2. The van der Waals surface area contributed by atoms with Crippen molar-refractivity contribution in [1.82, 2.24) is 0 Å². The molecule has 2 heterocycles. The minimum atomic E-state index is -0.00245. The minimum Gasteiger partial charge on any atom is -0.310 e. The molecule has 0 atom stereocenters. The van der Waals surface area contributed by atoms with Gasteiger partial charge in [-0.3, -0.25) is 0 Å². The van der Waals surface area contributed by atoms with Crippen LogP contribution in [-0.4, -0.2) is 13.4 Å². The first-order chi connectivity index (χ1) is 37.0. The predicted octanol–water partition coefficient (Wildman–Crippen LogP) is 15.0. The molecule has 12 aromatic rings. The Labute approximate surface area is 448 Å². The molecule has 2 aliphatic rings. The van der Waals surface area contributed by atoms with Crippen LogP contribution in [-0.2, 0) is 0 Å². The molecule has 0 saturated carbocycles. The number of nitrogens with zero attached hydrogens (tertiary/aromatic N) is 2. The zero-order valence-corrected chi connectivity index (χ0v) is 44.7. The second-order valence-electron chi connectivity index (χ2n) is 22.1. The van der Waals surface area contributed by atoms with Crippen LogP contribution in [0.3, 0.4) is 0 Å². The average molecular weight is 973 g/mol. The van der Waals surface area contributed by atoms with Crippen molar-refractivity contribution in [3.05, 3.63) is 251 Å². The van der Waals surface area contributed by atoms with Crippen LogP contribution < -0.4 is 42.6 Å². The summed E-state index contributed by atoms with van der Waals surface area (Å²) in [5, 5.41) is 7.64. The SMILES string of the molecule is Cc1cc(C)c2c(c1)-c1cc(C)cc(C)c1B2c1cc(N(c2ccccc2)c2ccccc2)c2ccc3c(N(c4ccccc4)c4ccccc4)cc(B4c5c(C)cc(C)cc5-c5cc(C)cc(C)c54)c4ccc1c2c43. The first-order valence-electron chi connectivity index (χ1n) is 27.1. The number of benzene rings is 12. The largest absolute Gasteiger partial charge is 0.310 e. The molecule has 0 spiro atoms. The van der Waals surface area contributed by atoms with Crippen molar-refractivity contribution in [3.63, 3.8) is 0 Å². The summed E-state index contributed by atoms with van der Waals surface area (Å²) in [5.74, 6) is 0. The van der Waals surface area contributed by atoms with Crippen LogP contribution >= 0.6 is 0 Å². The van der Waals surface area contributed by atoms with E-state index in [0.29, 0.717) is 0 Å². The van der Waals surface area contributed by atoms with Crippen LogP contribution in [0.2, 0.25) is 0 Å². The van der Waals surface area contributed by atoms with Crippen LogP contribution in [0.15, 0.2) is 206 Å². The number of anilines is 6. The van der Waals surface area contributed by atoms with Crippen molar-refractivity contribution in [2.45, 2.75) is 55.4 Å². The van der Waals surface area contributed by atoms with Gasteiger partial charge in [0.25, 0.3) is 0 Å². The van der Waals surface area contributed by atoms with E-state index in [0.717, 1.165) is 22.7 Å². The molecule has 0 bridgehead atoms. The molecule has 14 rings (SSSR count). The van der Waals surface area contributed by atoms with E-state index in [2.05, 4.69) is 271 Å². The lowest BCUT2D eigenvalue weighted by atomic mass is 9.36. The monoisotopic (exact) mass is 972 g/mol. The fourth-order valence-corrected chi connectivity index (χ4v) is 14.3. The van der Waals surface area contributed by atoms with E-state index in [1.807, 2.05) is 0 Å². The molecule has 0 unspecified atom stereocenters. The van der Waals surface area contributed by atoms with Gasteiger partial charge in [0.1, 0.15) is 0 Å². The second kappa shape index (κ2) is 17.5. The Morgan fingerprint density at radius 1 is 0.263 bits per heavy atom. The summed E-state index contributed by atoms with van der Waals surface area (Å²) in [6, 6.07) is 78.5. The first kappa shape index (κ1) is 46.0. The minimum absolute atomic E-state index is 0.00245.